The molecule has 0 bridgehead atoms. The number of hydrogen-bond acceptors (Lipinski definition) is 8. The van der Waals surface area contributed by atoms with Gasteiger partial charge in [-0.2, -0.15) is 0 Å². The lowest BCUT2D eigenvalue weighted by Gasteiger charge is -2.27. The number of phosphoric ester groups is 1. The van der Waals surface area contributed by atoms with E-state index in [1.54, 1.807) is 0 Å². The number of phosphoric acid groups is 1. The second-order valence-electron chi connectivity index (χ2n) is 3.85. The monoisotopic (exact) mass is 330 g/mol. The standard InChI is InChI=1S/C10H19O10P/c1-8(2)9(12)19-10(13,20-21(14,15)16)7-18-6-5-17-4-3-11/h11,13H,1,3-7H2,2H3,(H2,14,15,16). The molecule has 0 fully saturated rings. The summed E-state index contributed by atoms with van der Waals surface area (Å²) >= 11 is 0. The Balaban J connectivity index is 4.48. The van der Waals surface area contributed by atoms with Crippen molar-refractivity contribution in [2.45, 2.75) is 12.9 Å². The molecule has 0 amide bonds. The van der Waals surface area contributed by atoms with E-state index in [2.05, 4.69) is 15.8 Å². The molecule has 0 radical (unpaired) electrons. The summed E-state index contributed by atoms with van der Waals surface area (Å²) < 4.78 is 28.9. The molecule has 21 heavy (non-hydrogen) atoms. The molecule has 0 aliphatic carbocycles. The van der Waals surface area contributed by atoms with Gasteiger partial charge >= 0.3 is 19.8 Å². The summed E-state index contributed by atoms with van der Waals surface area (Å²) in [5.41, 5.74) is -0.117. The molecule has 0 aliphatic heterocycles. The van der Waals surface area contributed by atoms with Gasteiger partial charge in [0.25, 0.3) is 0 Å². The molecule has 124 valence electrons. The molecule has 10 nitrogen and oxygen atoms in total. The Labute approximate surface area is 121 Å². The van der Waals surface area contributed by atoms with Crippen molar-refractivity contribution < 1.29 is 48.1 Å². The third kappa shape index (κ3) is 10.5. The van der Waals surface area contributed by atoms with Crippen LogP contribution in [0, 0.1) is 0 Å². The van der Waals surface area contributed by atoms with Crippen LogP contribution >= 0.6 is 7.82 Å². The number of rotatable bonds is 11. The first-order valence-electron chi connectivity index (χ1n) is 5.73. The highest BCUT2D eigenvalue weighted by Gasteiger charge is 2.40. The highest BCUT2D eigenvalue weighted by Crippen LogP contribution is 2.41. The SMILES string of the molecule is C=C(C)C(=O)OC(O)(COCCOCCO)OP(=O)(O)O. The first-order valence-corrected chi connectivity index (χ1v) is 7.26. The van der Waals surface area contributed by atoms with E-state index in [9.17, 15) is 14.5 Å². The maximum Gasteiger partial charge on any atom is 0.474 e. The molecule has 0 aromatic carbocycles. The van der Waals surface area contributed by atoms with E-state index in [1.807, 2.05) is 0 Å². The van der Waals surface area contributed by atoms with E-state index in [1.165, 1.54) is 6.92 Å². The number of carbonyl (C=O) groups excluding carboxylic acids is 1. The first-order chi connectivity index (χ1) is 9.59. The van der Waals surface area contributed by atoms with Crippen LogP contribution in [0.5, 0.6) is 0 Å². The zero-order valence-corrected chi connectivity index (χ0v) is 12.3. The van der Waals surface area contributed by atoms with Crippen molar-refractivity contribution >= 4 is 13.8 Å². The Bertz CT molecular complexity index is 391. The topological polar surface area (TPSA) is 152 Å². The van der Waals surface area contributed by atoms with Crippen molar-refractivity contribution in [2.24, 2.45) is 0 Å². The van der Waals surface area contributed by atoms with Crippen LogP contribution in [0.3, 0.4) is 0 Å². The van der Waals surface area contributed by atoms with E-state index < -0.39 is 26.4 Å². The molecular formula is C10H19O10P. The van der Waals surface area contributed by atoms with Gasteiger partial charge in [0.05, 0.1) is 26.4 Å². The fraction of sp³-hybridized carbons (Fsp3) is 0.700. The molecule has 0 aromatic heterocycles. The molecule has 0 spiro atoms. The van der Waals surface area contributed by atoms with Crippen molar-refractivity contribution in [3.63, 3.8) is 0 Å². The maximum absolute atomic E-state index is 11.3. The highest BCUT2D eigenvalue weighted by molar-refractivity contribution is 7.46. The van der Waals surface area contributed by atoms with Gasteiger partial charge in [-0.3, -0.25) is 0 Å². The number of esters is 1. The van der Waals surface area contributed by atoms with Crippen LogP contribution in [0.25, 0.3) is 0 Å². The van der Waals surface area contributed by atoms with Gasteiger partial charge in [0, 0.05) is 5.57 Å². The highest BCUT2D eigenvalue weighted by atomic mass is 31.2. The van der Waals surface area contributed by atoms with E-state index in [0.29, 0.717) is 0 Å². The lowest BCUT2D eigenvalue weighted by Crippen LogP contribution is -2.42. The van der Waals surface area contributed by atoms with Gasteiger partial charge in [-0.15, -0.1) is 0 Å². The molecule has 1 unspecified atom stereocenters. The maximum atomic E-state index is 11.3. The Kier molecular flexibility index (Phi) is 8.86. The molecule has 4 N–H and O–H groups in total. The first kappa shape index (κ1) is 20.2. The van der Waals surface area contributed by atoms with Gasteiger partial charge in [-0.05, 0) is 6.92 Å². The van der Waals surface area contributed by atoms with Gasteiger partial charge in [0.2, 0.25) is 0 Å². The number of aliphatic hydroxyl groups excluding tert-OH is 1. The Morgan fingerprint density at radius 2 is 1.81 bits per heavy atom. The van der Waals surface area contributed by atoms with Crippen molar-refractivity contribution in [1.82, 2.24) is 0 Å². The summed E-state index contributed by atoms with van der Waals surface area (Å²) in [5.74, 6) is -4.09. The molecule has 0 aliphatic rings. The molecule has 11 heteroatoms. The predicted octanol–water partition coefficient (Wildman–Crippen LogP) is -1.11. The van der Waals surface area contributed by atoms with Crippen LogP contribution in [0.4, 0.5) is 0 Å². The van der Waals surface area contributed by atoms with Crippen LogP contribution < -0.4 is 0 Å². The Hall–Kier alpha value is -0.840. The van der Waals surface area contributed by atoms with Crippen LogP contribution in [0.2, 0.25) is 0 Å². The average molecular weight is 330 g/mol. The summed E-state index contributed by atoms with van der Waals surface area (Å²) in [5, 5.41) is 18.2. The number of hydrogen-bond donors (Lipinski definition) is 4. The van der Waals surface area contributed by atoms with E-state index in [4.69, 9.17) is 24.4 Å². The minimum absolute atomic E-state index is 0.0426. The zero-order chi connectivity index (χ0) is 16.5. The molecule has 0 aromatic rings. The molecule has 0 rings (SSSR count). The van der Waals surface area contributed by atoms with Crippen LogP contribution in [-0.2, 0) is 28.1 Å². The second-order valence-corrected chi connectivity index (χ2v) is 5.02. The van der Waals surface area contributed by atoms with E-state index >= 15 is 0 Å². The van der Waals surface area contributed by atoms with Crippen molar-refractivity contribution in [3.8, 4) is 0 Å². The van der Waals surface area contributed by atoms with E-state index in [0.717, 1.165) is 0 Å². The average Bonchev–Trinajstić information content (AvgIpc) is 2.31. The third-order valence-corrected chi connectivity index (χ3v) is 2.28. The number of ether oxygens (including phenoxy) is 3. The fourth-order valence-electron chi connectivity index (χ4n) is 0.978. The van der Waals surface area contributed by atoms with Gasteiger partial charge in [-0.25, -0.2) is 13.9 Å². The summed E-state index contributed by atoms with van der Waals surface area (Å²) in [6.45, 7) is 3.50. The van der Waals surface area contributed by atoms with Gasteiger partial charge in [0.1, 0.15) is 6.61 Å². The lowest BCUT2D eigenvalue weighted by atomic mass is 10.4. The fourth-order valence-corrected chi connectivity index (χ4v) is 1.44. The van der Waals surface area contributed by atoms with Crippen LogP contribution in [0.1, 0.15) is 6.92 Å². The Morgan fingerprint density at radius 1 is 1.24 bits per heavy atom. The van der Waals surface area contributed by atoms with Crippen LogP contribution in [-0.4, -0.2) is 65.0 Å². The lowest BCUT2D eigenvalue weighted by molar-refractivity contribution is -0.324. The van der Waals surface area contributed by atoms with Crippen LogP contribution in [0.15, 0.2) is 12.2 Å². The predicted molar refractivity (Wildman–Crippen MR) is 67.7 cm³/mol. The van der Waals surface area contributed by atoms with Crippen molar-refractivity contribution in [2.75, 3.05) is 33.0 Å². The van der Waals surface area contributed by atoms with Gasteiger partial charge in [-0.1, -0.05) is 6.58 Å². The van der Waals surface area contributed by atoms with Gasteiger partial charge in [0.15, 0.2) is 0 Å². The number of carbonyl (C=O) groups is 1. The normalized spacial score (nSPS) is 14.5. The number of aliphatic hydroxyl groups is 2. The minimum atomic E-state index is -5.14. The smallest absolute Gasteiger partial charge is 0.402 e. The molecule has 0 saturated heterocycles. The molecule has 0 saturated carbocycles. The minimum Gasteiger partial charge on any atom is -0.402 e. The summed E-state index contributed by atoms with van der Waals surface area (Å²) in [4.78, 5) is 28.7. The quantitative estimate of drug-likeness (QED) is 0.121. The third-order valence-electron chi connectivity index (χ3n) is 1.75. The molecule has 1 atom stereocenters. The largest absolute Gasteiger partial charge is 0.474 e. The summed E-state index contributed by atoms with van der Waals surface area (Å²) in [6.07, 6.45) is 0. The van der Waals surface area contributed by atoms with Gasteiger partial charge < -0.3 is 34.2 Å². The van der Waals surface area contributed by atoms with Crippen molar-refractivity contribution in [3.05, 3.63) is 12.2 Å². The Morgan fingerprint density at radius 3 is 2.29 bits per heavy atom. The second kappa shape index (κ2) is 9.23. The zero-order valence-electron chi connectivity index (χ0n) is 11.4. The summed E-state index contributed by atoms with van der Waals surface area (Å²) in [6, 6.07) is 0. The van der Waals surface area contributed by atoms with Crippen molar-refractivity contribution in [1.29, 1.82) is 0 Å². The molecule has 0 heterocycles. The molecular weight excluding hydrogens is 311 g/mol. The summed E-state index contributed by atoms with van der Waals surface area (Å²) in [7, 11) is -5.14. The van der Waals surface area contributed by atoms with E-state index in [-0.39, 0.29) is 32.0 Å².